The number of fused-ring (bicyclic) bond motifs is 3. The molecule has 4 heterocycles. The second-order valence-electron chi connectivity index (χ2n) is 6.89. The lowest BCUT2D eigenvalue weighted by Crippen LogP contribution is -2.14. The third-order valence-electron chi connectivity index (χ3n) is 5.05. The zero-order valence-electron chi connectivity index (χ0n) is 15.1. The van der Waals surface area contributed by atoms with Gasteiger partial charge in [-0.15, -0.1) is 0 Å². The Hall–Kier alpha value is -2.92. The minimum absolute atomic E-state index is 0.486. The summed E-state index contributed by atoms with van der Waals surface area (Å²) >= 11 is 5.99. The molecule has 0 amide bonds. The summed E-state index contributed by atoms with van der Waals surface area (Å²) in [6, 6.07) is 14.2. The molecular formula is C21H18ClN5. The van der Waals surface area contributed by atoms with Gasteiger partial charge < -0.3 is 0 Å². The van der Waals surface area contributed by atoms with Gasteiger partial charge in [-0.05, 0) is 50.1 Å². The highest BCUT2D eigenvalue weighted by Crippen LogP contribution is 2.38. The van der Waals surface area contributed by atoms with Crippen molar-refractivity contribution in [3.05, 3.63) is 70.6 Å². The van der Waals surface area contributed by atoms with E-state index < -0.39 is 0 Å². The summed E-state index contributed by atoms with van der Waals surface area (Å²) in [4.78, 5) is 4.25. The third-order valence-corrected chi connectivity index (χ3v) is 5.27. The van der Waals surface area contributed by atoms with Crippen LogP contribution in [0.2, 0.25) is 5.15 Å². The van der Waals surface area contributed by atoms with Crippen molar-refractivity contribution in [2.75, 3.05) is 0 Å². The first-order chi connectivity index (χ1) is 13.1. The highest BCUT2D eigenvalue weighted by molar-refractivity contribution is 6.29. The molecule has 27 heavy (non-hydrogen) atoms. The normalized spacial score (nSPS) is 12.7. The first kappa shape index (κ1) is 16.3. The average molecular weight is 376 g/mol. The number of aromatic nitrogens is 5. The van der Waals surface area contributed by atoms with Crippen molar-refractivity contribution in [1.82, 2.24) is 24.5 Å². The molecule has 0 saturated heterocycles. The maximum atomic E-state index is 5.99. The quantitative estimate of drug-likeness (QED) is 0.480. The van der Waals surface area contributed by atoms with Crippen LogP contribution < -0.4 is 0 Å². The van der Waals surface area contributed by atoms with Crippen LogP contribution in [0, 0.1) is 13.8 Å². The van der Waals surface area contributed by atoms with Gasteiger partial charge in [0.15, 0.2) is 0 Å². The molecule has 0 aliphatic carbocycles. The second kappa shape index (κ2) is 6.06. The zero-order valence-corrected chi connectivity index (χ0v) is 15.9. The fourth-order valence-corrected chi connectivity index (χ4v) is 3.91. The van der Waals surface area contributed by atoms with E-state index in [1.54, 1.807) is 6.20 Å². The number of hydrogen-bond donors (Lipinski definition) is 0. The molecule has 0 radical (unpaired) electrons. The van der Waals surface area contributed by atoms with Gasteiger partial charge in [-0.1, -0.05) is 29.8 Å². The standard InChI is InChI=1S/C21H18ClN5/c1-13-5-3-4-6-17(13)27-21-16(9-10-26-18(21)11-14(2)24-26)20(25-27)15-7-8-19(22)23-12-15/h3-8,11-12H,9-10H2,1-2H3. The Labute approximate surface area is 162 Å². The van der Waals surface area contributed by atoms with Crippen molar-refractivity contribution in [2.24, 2.45) is 0 Å². The Balaban J connectivity index is 1.81. The number of para-hydroxylation sites is 1. The van der Waals surface area contributed by atoms with Crippen LogP contribution in [0.5, 0.6) is 0 Å². The van der Waals surface area contributed by atoms with E-state index in [0.717, 1.165) is 47.0 Å². The van der Waals surface area contributed by atoms with Crippen LogP contribution >= 0.6 is 11.6 Å². The first-order valence-electron chi connectivity index (χ1n) is 8.96. The van der Waals surface area contributed by atoms with Gasteiger partial charge in [0.05, 0.1) is 28.5 Å². The van der Waals surface area contributed by atoms with E-state index in [-0.39, 0.29) is 0 Å². The molecule has 3 aromatic heterocycles. The van der Waals surface area contributed by atoms with E-state index in [4.69, 9.17) is 16.7 Å². The van der Waals surface area contributed by atoms with E-state index in [0.29, 0.717) is 5.15 Å². The van der Waals surface area contributed by atoms with E-state index in [9.17, 15) is 0 Å². The van der Waals surface area contributed by atoms with E-state index in [1.165, 1.54) is 11.1 Å². The molecular weight excluding hydrogens is 358 g/mol. The number of benzene rings is 1. The Morgan fingerprint density at radius 1 is 1.04 bits per heavy atom. The summed E-state index contributed by atoms with van der Waals surface area (Å²) in [7, 11) is 0. The minimum atomic E-state index is 0.486. The fraction of sp³-hybridized carbons (Fsp3) is 0.190. The molecule has 0 fully saturated rings. The monoisotopic (exact) mass is 375 g/mol. The molecule has 134 valence electrons. The molecule has 6 heteroatoms. The molecule has 0 bridgehead atoms. The maximum absolute atomic E-state index is 5.99. The Kier molecular flexibility index (Phi) is 3.65. The smallest absolute Gasteiger partial charge is 0.129 e. The van der Waals surface area contributed by atoms with Crippen LogP contribution in [-0.2, 0) is 13.0 Å². The molecule has 1 aromatic carbocycles. The fourth-order valence-electron chi connectivity index (χ4n) is 3.80. The predicted molar refractivity (Wildman–Crippen MR) is 106 cm³/mol. The lowest BCUT2D eigenvalue weighted by Gasteiger charge is -2.17. The number of pyridine rings is 1. The van der Waals surface area contributed by atoms with E-state index in [2.05, 4.69) is 44.6 Å². The largest absolute Gasteiger partial charge is 0.263 e. The van der Waals surface area contributed by atoms with Crippen molar-refractivity contribution >= 4 is 11.6 Å². The summed E-state index contributed by atoms with van der Waals surface area (Å²) in [6.45, 7) is 4.99. The van der Waals surface area contributed by atoms with Gasteiger partial charge in [0.1, 0.15) is 5.15 Å². The van der Waals surface area contributed by atoms with E-state index in [1.807, 2.05) is 31.2 Å². The van der Waals surface area contributed by atoms with Gasteiger partial charge >= 0.3 is 0 Å². The first-order valence-corrected chi connectivity index (χ1v) is 9.34. The number of halogens is 1. The summed E-state index contributed by atoms with van der Waals surface area (Å²) in [5.74, 6) is 0. The van der Waals surface area contributed by atoms with Gasteiger partial charge in [-0.2, -0.15) is 10.2 Å². The Bertz CT molecular complexity index is 1150. The topological polar surface area (TPSA) is 48.5 Å². The van der Waals surface area contributed by atoms with Crippen molar-refractivity contribution in [3.8, 4) is 28.3 Å². The van der Waals surface area contributed by atoms with Gasteiger partial charge in [0.2, 0.25) is 0 Å². The number of aryl methyl sites for hydroxylation is 3. The Morgan fingerprint density at radius 2 is 1.89 bits per heavy atom. The van der Waals surface area contributed by atoms with Crippen LogP contribution in [0.15, 0.2) is 48.7 Å². The van der Waals surface area contributed by atoms with Crippen molar-refractivity contribution in [2.45, 2.75) is 26.8 Å². The molecule has 4 aromatic rings. The lowest BCUT2D eigenvalue weighted by molar-refractivity contribution is 0.600. The Morgan fingerprint density at radius 3 is 2.67 bits per heavy atom. The molecule has 5 rings (SSSR count). The molecule has 0 N–H and O–H groups in total. The highest BCUT2D eigenvalue weighted by Gasteiger charge is 2.28. The zero-order chi connectivity index (χ0) is 18.5. The van der Waals surface area contributed by atoms with Gasteiger partial charge in [0.25, 0.3) is 0 Å². The van der Waals surface area contributed by atoms with Crippen LogP contribution in [0.3, 0.4) is 0 Å². The summed E-state index contributed by atoms with van der Waals surface area (Å²) in [5, 5.41) is 10.2. The van der Waals surface area contributed by atoms with Gasteiger partial charge in [-0.3, -0.25) is 4.68 Å². The van der Waals surface area contributed by atoms with Crippen LogP contribution in [-0.4, -0.2) is 24.5 Å². The molecule has 0 saturated carbocycles. The predicted octanol–water partition coefficient (Wildman–Crippen LogP) is 4.62. The number of rotatable bonds is 2. The minimum Gasteiger partial charge on any atom is -0.263 e. The summed E-state index contributed by atoms with van der Waals surface area (Å²) in [5.41, 5.74) is 8.67. The summed E-state index contributed by atoms with van der Waals surface area (Å²) in [6.07, 6.45) is 2.68. The third kappa shape index (κ3) is 2.58. The van der Waals surface area contributed by atoms with Crippen molar-refractivity contribution in [1.29, 1.82) is 0 Å². The molecule has 1 aliphatic rings. The second-order valence-corrected chi connectivity index (χ2v) is 7.28. The van der Waals surface area contributed by atoms with Gasteiger partial charge in [-0.25, -0.2) is 9.67 Å². The van der Waals surface area contributed by atoms with Crippen LogP contribution in [0.25, 0.3) is 28.3 Å². The molecule has 1 aliphatic heterocycles. The van der Waals surface area contributed by atoms with Crippen molar-refractivity contribution in [3.63, 3.8) is 0 Å². The maximum Gasteiger partial charge on any atom is 0.129 e. The van der Waals surface area contributed by atoms with E-state index >= 15 is 0 Å². The van der Waals surface area contributed by atoms with Crippen LogP contribution in [0.4, 0.5) is 0 Å². The highest BCUT2D eigenvalue weighted by atomic mass is 35.5. The molecule has 0 spiro atoms. The number of hydrogen-bond acceptors (Lipinski definition) is 3. The van der Waals surface area contributed by atoms with Gasteiger partial charge in [0, 0.05) is 23.9 Å². The molecule has 5 nitrogen and oxygen atoms in total. The molecule has 0 unspecified atom stereocenters. The number of nitrogens with zero attached hydrogens (tertiary/aromatic N) is 5. The lowest BCUT2D eigenvalue weighted by atomic mass is 10.00. The summed E-state index contributed by atoms with van der Waals surface area (Å²) < 4.78 is 4.14. The molecule has 0 atom stereocenters. The average Bonchev–Trinajstić information content (AvgIpc) is 3.22. The SMILES string of the molecule is Cc1cc2n(n1)CCc1c(-c3ccc(Cl)nc3)nn(-c3ccccc3C)c1-2. The van der Waals surface area contributed by atoms with Crippen LogP contribution in [0.1, 0.15) is 16.8 Å². The van der Waals surface area contributed by atoms with Crippen molar-refractivity contribution < 1.29 is 0 Å².